The Bertz CT molecular complexity index is 3430. The van der Waals surface area contributed by atoms with Crippen LogP contribution < -0.4 is 0 Å². The Balaban J connectivity index is 1.40. The van der Waals surface area contributed by atoms with Gasteiger partial charge in [-0.2, -0.15) is 0 Å². The quantitative estimate of drug-likeness (QED) is 0.186. The molecule has 0 atom stereocenters. The summed E-state index contributed by atoms with van der Waals surface area (Å²) in [5.74, 6) is 1.91. The number of hydrogen-bond donors (Lipinski definition) is 0. The average Bonchev–Trinajstić information content (AvgIpc) is 3.76. The third-order valence-electron chi connectivity index (χ3n) is 11.1. The highest BCUT2D eigenvalue weighted by molar-refractivity contribution is 6.30. The lowest BCUT2D eigenvalue weighted by atomic mass is 9.96. The molecule has 0 bridgehead atoms. The van der Waals surface area contributed by atoms with Gasteiger partial charge in [-0.15, -0.1) is 0 Å². The summed E-state index contributed by atoms with van der Waals surface area (Å²) >= 11 is 0. The van der Waals surface area contributed by atoms with Crippen LogP contribution in [0.2, 0.25) is 0 Å². The number of rotatable bonds is 3. The van der Waals surface area contributed by atoms with Crippen molar-refractivity contribution in [1.29, 1.82) is 0 Å². The molecular formula is C49H29N5. The van der Waals surface area contributed by atoms with E-state index in [0.717, 1.165) is 49.5 Å². The summed E-state index contributed by atoms with van der Waals surface area (Å²) in [5, 5.41) is 9.44. The van der Waals surface area contributed by atoms with Gasteiger partial charge in [-0.05, 0) is 41.1 Å². The maximum Gasteiger partial charge on any atom is 0.164 e. The molecule has 0 radical (unpaired) electrons. The van der Waals surface area contributed by atoms with Crippen LogP contribution in [0.3, 0.4) is 0 Å². The standard InChI is InChI=1S/C49H29N5/c1-3-15-31(16-4-1)47-50-48(32-17-5-2-6-18-32)52-49(51-47)38-28-27-37-35-21-10-12-24-40(35)54-42-25-13-22-36-34-20-9-11-23-39(34)53(45(36)42)41-29-26-30-14-7-8-19-33(30)43(41)44(38)46(37)54/h1-29H. The Morgan fingerprint density at radius 2 is 0.815 bits per heavy atom. The van der Waals surface area contributed by atoms with Crippen LogP contribution in [0.25, 0.3) is 110 Å². The van der Waals surface area contributed by atoms with Gasteiger partial charge in [-0.3, -0.25) is 0 Å². The second kappa shape index (κ2) is 11.1. The predicted octanol–water partition coefficient (Wildman–Crippen LogP) is 12.3. The van der Waals surface area contributed by atoms with Crippen LogP contribution in [-0.4, -0.2) is 23.8 Å². The zero-order valence-corrected chi connectivity index (χ0v) is 29.0. The van der Waals surface area contributed by atoms with Gasteiger partial charge >= 0.3 is 0 Å². The minimum absolute atomic E-state index is 0.631. The third kappa shape index (κ3) is 4.01. The van der Waals surface area contributed by atoms with Crippen molar-refractivity contribution in [2.24, 2.45) is 0 Å². The van der Waals surface area contributed by atoms with Crippen LogP contribution in [-0.2, 0) is 0 Å². The highest BCUT2D eigenvalue weighted by Crippen LogP contribution is 2.45. The molecule has 0 saturated carbocycles. The van der Waals surface area contributed by atoms with E-state index in [9.17, 15) is 0 Å². The van der Waals surface area contributed by atoms with Crippen molar-refractivity contribution in [2.45, 2.75) is 0 Å². The molecule has 0 fully saturated rings. The smallest absolute Gasteiger partial charge is 0.164 e. The SMILES string of the molecule is c1ccc(-c2nc(-c3ccccc3)nc(-c3ccc4c5ccccc5n5c6cccc7c8ccccc8n(c8ccc9ccccc9c8c3c45)c76)n2)cc1. The molecule has 0 amide bonds. The molecule has 0 spiro atoms. The van der Waals surface area contributed by atoms with Gasteiger partial charge < -0.3 is 8.80 Å². The molecule has 5 nitrogen and oxygen atoms in total. The number of fused-ring (bicyclic) bond motifs is 12. The fourth-order valence-corrected chi connectivity index (χ4v) is 8.82. The number of aromatic nitrogens is 5. The first-order valence-corrected chi connectivity index (χ1v) is 18.3. The summed E-state index contributed by atoms with van der Waals surface area (Å²) in [4.78, 5) is 15.7. The van der Waals surface area contributed by atoms with E-state index in [2.05, 4.69) is 148 Å². The monoisotopic (exact) mass is 687 g/mol. The van der Waals surface area contributed by atoms with Gasteiger partial charge in [0.2, 0.25) is 0 Å². The average molecular weight is 688 g/mol. The van der Waals surface area contributed by atoms with Crippen molar-refractivity contribution in [3.8, 4) is 34.2 Å². The summed E-state index contributed by atoms with van der Waals surface area (Å²) in [6.45, 7) is 0. The van der Waals surface area contributed by atoms with Crippen molar-refractivity contribution in [2.75, 3.05) is 0 Å². The Morgan fingerprint density at radius 3 is 1.50 bits per heavy atom. The van der Waals surface area contributed by atoms with Crippen molar-refractivity contribution in [3.05, 3.63) is 176 Å². The van der Waals surface area contributed by atoms with E-state index in [1.165, 1.54) is 43.4 Å². The first kappa shape index (κ1) is 29.2. The van der Waals surface area contributed by atoms with Crippen LogP contribution in [0, 0.1) is 0 Å². The van der Waals surface area contributed by atoms with Gasteiger partial charge in [0, 0.05) is 49.0 Å². The first-order valence-electron chi connectivity index (χ1n) is 18.3. The van der Waals surface area contributed by atoms with Crippen LogP contribution >= 0.6 is 0 Å². The van der Waals surface area contributed by atoms with Gasteiger partial charge in [0.25, 0.3) is 0 Å². The van der Waals surface area contributed by atoms with E-state index < -0.39 is 0 Å². The second-order valence-corrected chi connectivity index (χ2v) is 14.0. The van der Waals surface area contributed by atoms with E-state index >= 15 is 0 Å². The molecule has 0 aliphatic carbocycles. The molecule has 0 aliphatic rings. The third-order valence-corrected chi connectivity index (χ3v) is 11.1. The molecule has 250 valence electrons. The molecule has 0 N–H and O–H groups in total. The summed E-state index contributed by atoms with van der Waals surface area (Å²) < 4.78 is 4.98. The molecular weight excluding hydrogens is 659 g/mol. The maximum absolute atomic E-state index is 5.31. The Kier molecular flexibility index (Phi) is 5.99. The van der Waals surface area contributed by atoms with Gasteiger partial charge in [0.05, 0.1) is 33.1 Å². The fraction of sp³-hybridized carbons (Fsp3) is 0. The van der Waals surface area contributed by atoms with Gasteiger partial charge in [0.1, 0.15) is 0 Å². The lowest BCUT2D eigenvalue weighted by Gasteiger charge is -2.16. The molecule has 0 aliphatic heterocycles. The maximum atomic E-state index is 5.31. The van der Waals surface area contributed by atoms with Gasteiger partial charge in [-0.1, -0.05) is 146 Å². The van der Waals surface area contributed by atoms with Crippen molar-refractivity contribution in [3.63, 3.8) is 0 Å². The number of benzene rings is 8. The van der Waals surface area contributed by atoms with Crippen molar-refractivity contribution in [1.82, 2.24) is 23.8 Å². The summed E-state index contributed by atoms with van der Waals surface area (Å²) in [6.07, 6.45) is 0. The second-order valence-electron chi connectivity index (χ2n) is 14.0. The summed E-state index contributed by atoms with van der Waals surface area (Å²) in [6, 6.07) is 62.6. The molecule has 8 aromatic carbocycles. The normalized spacial score (nSPS) is 12.1. The lowest BCUT2D eigenvalue weighted by Crippen LogP contribution is -2.01. The predicted molar refractivity (Wildman–Crippen MR) is 223 cm³/mol. The van der Waals surface area contributed by atoms with Crippen molar-refractivity contribution < 1.29 is 0 Å². The van der Waals surface area contributed by atoms with Crippen molar-refractivity contribution >= 4 is 76.2 Å². The molecule has 0 unspecified atom stereocenters. The molecule has 12 aromatic rings. The Morgan fingerprint density at radius 1 is 0.296 bits per heavy atom. The minimum Gasteiger partial charge on any atom is -0.307 e. The number of nitrogens with zero attached hydrogens (tertiary/aromatic N) is 5. The van der Waals surface area contributed by atoms with E-state index in [4.69, 9.17) is 15.0 Å². The first-order chi connectivity index (χ1) is 26.8. The Hall–Kier alpha value is -7.37. The van der Waals surface area contributed by atoms with Crippen LogP contribution in [0.1, 0.15) is 0 Å². The summed E-state index contributed by atoms with van der Waals surface area (Å²) in [7, 11) is 0. The highest BCUT2D eigenvalue weighted by atomic mass is 15.0. The molecule has 4 heterocycles. The highest BCUT2D eigenvalue weighted by Gasteiger charge is 2.23. The van der Waals surface area contributed by atoms with E-state index in [1.54, 1.807) is 0 Å². The Labute approximate surface area is 309 Å². The zero-order valence-electron chi connectivity index (χ0n) is 29.0. The fourth-order valence-electron chi connectivity index (χ4n) is 8.82. The molecule has 5 heteroatoms. The van der Waals surface area contributed by atoms with Gasteiger partial charge in [0.15, 0.2) is 17.5 Å². The topological polar surface area (TPSA) is 47.5 Å². The van der Waals surface area contributed by atoms with Crippen LogP contribution in [0.15, 0.2) is 176 Å². The van der Waals surface area contributed by atoms with Crippen LogP contribution in [0.5, 0.6) is 0 Å². The van der Waals surface area contributed by atoms with E-state index in [1.807, 2.05) is 36.4 Å². The molecule has 12 rings (SSSR count). The van der Waals surface area contributed by atoms with Gasteiger partial charge in [-0.25, -0.2) is 15.0 Å². The number of hydrogen-bond acceptors (Lipinski definition) is 3. The molecule has 4 aromatic heterocycles. The van der Waals surface area contributed by atoms with E-state index in [-0.39, 0.29) is 0 Å². The molecule has 0 saturated heterocycles. The largest absolute Gasteiger partial charge is 0.307 e. The zero-order chi connectivity index (χ0) is 35.3. The number of para-hydroxylation sites is 3. The van der Waals surface area contributed by atoms with E-state index in [0.29, 0.717) is 17.5 Å². The summed E-state index contributed by atoms with van der Waals surface area (Å²) in [5.41, 5.74) is 9.75. The lowest BCUT2D eigenvalue weighted by molar-refractivity contribution is 1.08. The molecule has 54 heavy (non-hydrogen) atoms. The van der Waals surface area contributed by atoms with Crippen LogP contribution in [0.4, 0.5) is 0 Å². The minimum atomic E-state index is 0.631.